The van der Waals surface area contributed by atoms with E-state index >= 15 is 4.39 Å². The van der Waals surface area contributed by atoms with Crippen molar-refractivity contribution in [3.8, 4) is 0 Å². The highest BCUT2D eigenvalue weighted by molar-refractivity contribution is 6.01. The molecule has 0 amide bonds. The molecule has 7 heteroatoms. The van der Waals surface area contributed by atoms with Gasteiger partial charge in [-0.1, -0.05) is 32.4 Å². The van der Waals surface area contributed by atoms with Crippen molar-refractivity contribution in [2.45, 2.75) is 77.2 Å². The van der Waals surface area contributed by atoms with Crippen LogP contribution in [0.3, 0.4) is 0 Å². The summed E-state index contributed by atoms with van der Waals surface area (Å²) in [5.74, 6) is -2.70. The Morgan fingerprint density at radius 2 is 1.97 bits per heavy atom. The predicted molar refractivity (Wildman–Crippen MR) is 114 cm³/mol. The molecule has 0 aromatic heterocycles. The Labute approximate surface area is 187 Å². The number of aliphatic hydroxyl groups excluding tert-OH is 1. The number of alkyl halides is 1. The van der Waals surface area contributed by atoms with Crippen molar-refractivity contribution in [1.29, 1.82) is 0 Å². The molecule has 0 aromatic rings. The van der Waals surface area contributed by atoms with Gasteiger partial charge in [0.2, 0.25) is 5.78 Å². The number of ether oxygens (including phenoxy) is 1. The molecule has 3 fully saturated rings. The number of carbonyl (C=O) groups excluding carboxylic acids is 3. The number of allylic oxidation sites excluding steroid dienone is 4. The van der Waals surface area contributed by atoms with Crippen LogP contribution in [0.4, 0.5) is 4.39 Å². The molecule has 4 aliphatic rings. The van der Waals surface area contributed by atoms with Crippen molar-refractivity contribution in [1.82, 2.24) is 0 Å². The Bertz CT molecular complexity index is 925. The lowest BCUT2D eigenvalue weighted by atomic mass is 9.44. The van der Waals surface area contributed by atoms with E-state index in [1.165, 1.54) is 12.2 Å². The average Bonchev–Trinajstić information content (AvgIpc) is 2.94. The summed E-state index contributed by atoms with van der Waals surface area (Å²) >= 11 is 0. The van der Waals surface area contributed by atoms with E-state index in [1.807, 2.05) is 0 Å². The largest absolute Gasteiger partial charge is 0.458 e. The van der Waals surface area contributed by atoms with Crippen molar-refractivity contribution in [2.24, 2.45) is 28.6 Å². The van der Waals surface area contributed by atoms with Crippen molar-refractivity contribution in [2.75, 3.05) is 6.61 Å². The second-order valence-corrected chi connectivity index (χ2v) is 10.6. The Balaban J connectivity index is 1.73. The molecule has 0 aromatic carbocycles. The van der Waals surface area contributed by atoms with Gasteiger partial charge in [0.05, 0.1) is 6.10 Å². The number of Topliss-reactive ketones (excluding diaryl/α,β-unsaturated/α-hetero) is 1. The topological polar surface area (TPSA) is 101 Å². The van der Waals surface area contributed by atoms with E-state index in [4.69, 9.17) is 4.74 Å². The number of carbonyl (C=O) groups is 3. The molecule has 4 aliphatic carbocycles. The number of hydrogen-bond acceptors (Lipinski definition) is 6. The minimum absolute atomic E-state index is 0.0936. The summed E-state index contributed by atoms with van der Waals surface area (Å²) in [5, 5.41) is 23.0. The lowest BCUT2D eigenvalue weighted by Gasteiger charge is -2.62. The minimum Gasteiger partial charge on any atom is -0.458 e. The van der Waals surface area contributed by atoms with Gasteiger partial charge in [0.25, 0.3) is 0 Å². The van der Waals surface area contributed by atoms with E-state index in [2.05, 4.69) is 0 Å². The molecule has 8 atom stereocenters. The normalized spacial score (nSPS) is 47.2. The summed E-state index contributed by atoms with van der Waals surface area (Å²) in [6.45, 7) is 6.35. The first-order valence-electron chi connectivity index (χ1n) is 11.6. The van der Waals surface area contributed by atoms with E-state index < -0.39 is 58.4 Å². The molecule has 6 unspecified atom stereocenters. The third-order valence-corrected chi connectivity index (χ3v) is 9.30. The van der Waals surface area contributed by atoms with Crippen LogP contribution in [0.15, 0.2) is 23.8 Å². The zero-order valence-corrected chi connectivity index (χ0v) is 19.2. The predicted octanol–water partition coefficient (Wildman–Crippen LogP) is 2.86. The minimum atomic E-state index is -2.01. The van der Waals surface area contributed by atoms with Crippen LogP contribution in [-0.2, 0) is 19.1 Å². The first kappa shape index (κ1) is 23.3. The van der Waals surface area contributed by atoms with E-state index in [9.17, 15) is 24.6 Å². The molecule has 4 rings (SSSR count). The maximum absolute atomic E-state index is 17.1. The van der Waals surface area contributed by atoms with Crippen molar-refractivity contribution in [3.63, 3.8) is 0 Å². The summed E-state index contributed by atoms with van der Waals surface area (Å²) in [5.41, 5.74) is -5.33. The fourth-order valence-electron chi connectivity index (χ4n) is 7.50. The van der Waals surface area contributed by atoms with Crippen LogP contribution in [0.1, 0.15) is 59.8 Å². The van der Waals surface area contributed by atoms with Gasteiger partial charge in [0.1, 0.15) is 5.60 Å². The highest BCUT2D eigenvalue weighted by Gasteiger charge is 2.75. The van der Waals surface area contributed by atoms with Gasteiger partial charge in [0, 0.05) is 23.2 Å². The molecule has 0 aliphatic heterocycles. The van der Waals surface area contributed by atoms with Gasteiger partial charge in [-0.15, -0.1) is 0 Å². The third-order valence-electron chi connectivity index (χ3n) is 9.30. The molecule has 0 heterocycles. The number of fused-ring (bicyclic) bond motifs is 5. The number of esters is 1. The van der Waals surface area contributed by atoms with Crippen LogP contribution in [0, 0.1) is 28.6 Å². The van der Waals surface area contributed by atoms with Crippen LogP contribution in [-0.4, -0.2) is 51.7 Å². The number of aliphatic hydroxyl groups is 2. The van der Waals surface area contributed by atoms with Crippen LogP contribution >= 0.6 is 0 Å². The Morgan fingerprint density at radius 1 is 1.28 bits per heavy atom. The van der Waals surface area contributed by atoms with Crippen molar-refractivity contribution < 1.29 is 33.7 Å². The molecular formula is C25H33FO6. The summed E-state index contributed by atoms with van der Waals surface area (Å²) in [7, 11) is 0. The monoisotopic (exact) mass is 448 g/mol. The van der Waals surface area contributed by atoms with Gasteiger partial charge in [-0.05, 0) is 56.6 Å². The SMILES string of the molecule is CCC(=O)OCC(=O)[C@@]1(O)C(C)CC2C3CCC4=CC(=O)C=CC4(C)[C@@]3(F)C(O)CC21C. The molecule has 0 bridgehead atoms. The standard InChI is InChI=1S/C25H33FO6/c1-5-21(30)32-13-20(29)25(31)14(2)10-18-17-7-6-15-11-16(27)8-9-22(15,3)24(17,26)19(28)12-23(18,25)4/h8-9,11,14,17-19,28,31H,5-7,10,12-13H2,1-4H3/t14?,17?,18?,19?,22?,23?,24-,25-/m0/s1. The zero-order chi connectivity index (χ0) is 23.7. The van der Waals surface area contributed by atoms with Gasteiger partial charge < -0.3 is 14.9 Å². The van der Waals surface area contributed by atoms with E-state index in [1.54, 1.807) is 33.8 Å². The Hall–Kier alpha value is -1.86. The van der Waals surface area contributed by atoms with Gasteiger partial charge in [0.15, 0.2) is 18.1 Å². The summed E-state index contributed by atoms with van der Waals surface area (Å²) in [6, 6.07) is 0. The van der Waals surface area contributed by atoms with E-state index in [-0.39, 0.29) is 24.5 Å². The first-order valence-corrected chi connectivity index (χ1v) is 11.6. The molecule has 0 saturated heterocycles. The van der Waals surface area contributed by atoms with Crippen molar-refractivity contribution in [3.05, 3.63) is 23.8 Å². The van der Waals surface area contributed by atoms with E-state index in [0.29, 0.717) is 24.8 Å². The van der Waals surface area contributed by atoms with Gasteiger partial charge in [-0.3, -0.25) is 14.4 Å². The third kappa shape index (κ3) is 2.73. The first-order chi connectivity index (χ1) is 14.9. The van der Waals surface area contributed by atoms with Gasteiger partial charge >= 0.3 is 5.97 Å². The Morgan fingerprint density at radius 3 is 2.62 bits per heavy atom. The smallest absolute Gasteiger partial charge is 0.305 e. The summed E-state index contributed by atoms with van der Waals surface area (Å²) < 4.78 is 22.1. The molecule has 0 spiro atoms. The Kier molecular flexibility index (Phi) is 5.33. The fraction of sp³-hybridized carbons (Fsp3) is 0.720. The molecule has 3 saturated carbocycles. The van der Waals surface area contributed by atoms with Gasteiger partial charge in [-0.25, -0.2) is 4.39 Å². The average molecular weight is 449 g/mol. The van der Waals surface area contributed by atoms with Crippen molar-refractivity contribution >= 4 is 17.5 Å². The maximum atomic E-state index is 17.1. The highest BCUT2D eigenvalue weighted by Crippen LogP contribution is 2.70. The lowest BCUT2D eigenvalue weighted by molar-refractivity contribution is -0.220. The second-order valence-electron chi connectivity index (χ2n) is 10.6. The van der Waals surface area contributed by atoms with Crippen LogP contribution in [0.2, 0.25) is 0 Å². The zero-order valence-electron chi connectivity index (χ0n) is 19.2. The maximum Gasteiger partial charge on any atom is 0.305 e. The van der Waals surface area contributed by atoms with Crippen LogP contribution in [0.5, 0.6) is 0 Å². The highest BCUT2D eigenvalue weighted by atomic mass is 19.1. The quantitative estimate of drug-likeness (QED) is 0.642. The second kappa shape index (κ2) is 7.32. The molecule has 176 valence electrons. The van der Waals surface area contributed by atoms with Crippen LogP contribution in [0.25, 0.3) is 0 Å². The summed E-state index contributed by atoms with van der Waals surface area (Å²) in [4.78, 5) is 36.7. The number of halogens is 1. The number of hydrogen-bond donors (Lipinski definition) is 2. The molecular weight excluding hydrogens is 415 g/mol. The number of ketones is 2. The van der Waals surface area contributed by atoms with Gasteiger partial charge in [-0.2, -0.15) is 0 Å². The number of rotatable bonds is 4. The molecule has 0 radical (unpaired) electrons. The molecule has 32 heavy (non-hydrogen) atoms. The lowest BCUT2D eigenvalue weighted by Crippen LogP contribution is -2.69. The fourth-order valence-corrected chi connectivity index (χ4v) is 7.50. The molecule has 6 nitrogen and oxygen atoms in total. The summed E-state index contributed by atoms with van der Waals surface area (Å²) in [6.07, 6.45) is 4.42. The van der Waals surface area contributed by atoms with Crippen LogP contribution < -0.4 is 0 Å². The van der Waals surface area contributed by atoms with E-state index in [0.717, 1.165) is 0 Å². The molecule has 2 N–H and O–H groups in total.